The highest BCUT2D eigenvalue weighted by Gasteiger charge is 2.18. The van der Waals surface area contributed by atoms with Gasteiger partial charge in [-0.15, -0.1) is 0 Å². The van der Waals surface area contributed by atoms with Crippen LogP contribution in [0.2, 0.25) is 0 Å². The molecule has 2 aromatic rings. The Morgan fingerprint density at radius 3 is 2.62 bits per heavy atom. The Hall–Kier alpha value is -1.86. The van der Waals surface area contributed by atoms with Crippen LogP contribution in [-0.2, 0) is 16.7 Å². The van der Waals surface area contributed by atoms with Crippen LogP contribution in [0.25, 0.3) is 0 Å². The molecule has 1 aromatic heterocycles. The number of aryl methyl sites for hydroxylation is 1. The Morgan fingerprint density at radius 2 is 1.92 bits per heavy atom. The van der Waals surface area contributed by atoms with E-state index in [1.165, 1.54) is 0 Å². The first-order chi connectivity index (χ1) is 12.4. The van der Waals surface area contributed by atoms with Crippen molar-refractivity contribution in [3.63, 3.8) is 0 Å². The number of imidazole rings is 1. The van der Waals surface area contributed by atoms with Gasteiger partial charge in [-0.1, -0.05) is 24.6 Å². The van der Waals surface area contributed by atoms with E-state index in [1.807, 2.05) is 18.6 Å². The van der Waals surface area contributed by atoms with E-state index in [2.05, 4.69) is 28.7 Å². The van der Waals surface area contributed by atoms with Crippen molar-refractivity contribution in [2.75, 3.05) is 12.3 Å². The Balaban J connectivity index is 1.61. The maximum absolute atomic E-state index is 12.0. The van der Waals surface area contributed by atoms with E-state index in [0.29, 0.717) is 12.2 Å². The molecule has 0 radical (unpaired) electrons. The summed E-state index contributed by atoms with van der Waals surface area (Å²) in [5.74, 6) is 0.408. The van der Waals surface area contributed by atoms with Gasteiger partial charge in [0.2, 0.25) is 0 Å². The molecular weight excluding hydrogens is 350 g/mol. The second kappa shape index (κ2) is 9.73. The lowest BCUT2D eigenvalue weighted by Gasteiger charge is -2.26. The highest BCUT2D eigenvalue weighted by atomic mass is 32.2. The van der Waals surface area contributed by atoms with E-state index < -0.39 is 10.1 Å². The SMILES string of the molecule is CC(C)(CCCCS(=O)(=O)Oc1ccccc1)NCCCn1ccnc1. The van der Waals surface area contributed by atoms with Gasteiger partial charge < -0.3 is 14.1 Å². The van der Waals surface area contributed by atoms with Crippen LogP contribution < -0.4 is 9.50 Å². The summed E-state index contributed by atoms with van der Waals surface area (Å²) in [5.41, 5.74) is -0.0149. The molecular formula is C19H29N3O3S. The fourth-order valence-electron chi connectivity index (χ4n) is 2.71. The van der Waals surface area contributed by atoms with E-state index in [0.717, 1.165) is 32.4 Å². The van der Waals surface area contributed by atoms with Crippen molar-refractivity contribution >= 4 is 10.1 Å². The van der Waals surface area contributed by atoms with Gasteiger partial charge in [-0.2, -0.15) is 8.42 Å². The maximum atomic E-state index is 12.0. The molecule has 0 fully saturated rings. The van der Waals surface area contributed by atoms with Gasteiger partial charge in [-0.3, -0.25) is 0 Å². The van der Waals surface area contributed by atoms with Crippen LogP contribution in [-0.4, -0.2) is 35.8 Å². The van der Waals surface area contributed by atoms with E-state index in [4.69, 9.17) is 4.18 Å². The molecule has 1 N–H and O–H groups in total. The zero-order valence-electron chi connectivity index (χ0n) is 15.6. The first-order valence-corrected chi connectivity index (χ1v) is 10.6. The quantitative estimate of drug-likeness (QED) is 0.453. The monoisotopic (exact) mass is 379 g/mol. The molecule has 0 saturated heterocycles. The summed E-state index contributed by atoms with van der Waals surface area (Å²) >= 11 is 0. The summed E-state index contributed by atoms with van der Waals surface area (Å²) in [6.07, 6.45) is 8.94. The summed E-state index contributed by atoms with van der Waals surface area (Å²) in [7, 11) is -3.53. The van der Waals surface area contributed by atoms with E-state index >= 15 is 0 Å². The fourth-order valence-corrected chi connectivity index (χ4v) is 3.75. The highest BCUT2D eigenvalue weighted by Crippen LogP contribution is 2.16. The zero-order valence-corrected chi connectivity index (χ0v) is 16.4. The molecule has 26 heavy (non-hydrogen) atoms. The summed E-state index contributed by atoms with van der Waals surface area (Å²) in [4.78, 5) is 4.03. The Bertz CT molecular complexity index is 729. The Labute approximate surface area is 156 Å². The van der Waals surface area contributed by atoms with Crippen LogP contribution in [0, 0.1) is 0 Å². The molecule has 0 unspecified atom stereocenters. The number of nitrogens with zero attached hydrogens (tertiary/aromatic N) is 2. The lowest BCUT2D eigenvalue weighted by atomic mass is 9.97. The van der Waals surface area contributed by atoms with Crippen molar-refractivity contribution in [3.05, 3.63) is 49.1 Å². The van der Waals surface area contributed by atoms with Crippen molar-refractivity contribution in [2.45, 2.75) is 51.6 Å². The number of aromatic nitrogens is 2. The molecule has 6 nitrogen and oxygen atoms in total. The van der Waals surface area contributed by atoms with Crippen molar-refractivity contribution in [1.29, 1.82) is 0 Å². The number of hydrogen-bond donors (Lipinski definition) is 1. The number of unbranched alkanes of at least 4 members (excludes halogenated alkanes) is 1. The third-order valence-corrected chi connectivity index (χ3v) is 5.40. The molecule has 0 saturated carbocycles. The smallest absolute Gasteiger partial charge is 0.309 e. The topological polar surface area (TPSA) is 73.2 Å². The summed E-state index contributed by atoms with van der Waals surface area (Å²) in [6.45, 7) is 6.16. The maximum Gasteiger partial charge on any atom is 0.309 e. The molecule has 0 aliphatic heterocycles. The Morgan fingerprint density at radius 1 is 1.15 bits per heavy atom. The molecule has 1 aromatic carbocycles. The third-order valence-electron chi connectivity index (χ3n) is 4.17. The van der Waals surface area contributed by atoms with E-state index in [-0.39, 0.29) is 11.3 Å². The fraction of sp³-hybridized carbons (Fsp3) is 0.526. The van der Waals surface area contributed by atoms with Crippen LogP contribution in [0.15, 0.2) is 49.1 Å². The van der Waals surface area contributed by atoms with Crippen molar-refractivity contribution < 1.29 is 12.6 Å². The minimum Gasteiger partial charge on any atom is -0.382 e. The molecule has 0 amide bonds. The number of para-hydroxylation sites is 1. The van der Waals surface area contributed by atoms with E-state index in [9.17, 15) is 8.42 Å². The first-order valence-electron chi connectivity index (χ1n) is 9.04. The van der Waals surface area contributed by atoms with Crippen LogP contribution in [0.3, 0.4) is 0 Å². The molecule has 0 aliphatic rings. The molecule has 0 spiro atoms. The lowest BCUT2D eigenvalue weighted by molar-refractivity contribution is 0.346. The average molecular weight is 380 g/mol. The standard InChI is InChI=1S/C19H29N3O3S/c1-19(2,21-12-8-14-22-15-13-20-17-22)11-6-7-16-26(23,24)25-18-9-4-3-5-10-18/h3-5,9-10,13,15,17,21H,6-8,11-12,14,16H2,1-2H3. The first kappa shape index (κ1) is 20.5. The van der Waals surface area contributed by atoms with Gasteiger partial charge in [0, 0.05) is 24.5 Å². The molecule has 0 bridgehead atoms. The Kier molecular flexibility index (Phi) is 7.66. The van der Waals surface area contributed by atoms with Crippen LogP contribution >= 0.6 is 0 Å². The van der Waals surface area contributed by atoms with Crippen LogP contribution in [0.5, 0.6) is 5.75 Å². The minimum absolute atomic E-state index is 0.0149. The van der Waals surface area contributed by atoms with Gasteiger partial charge in [0.05, 0.1) is 12.1 Å². The molecule has 144 valence electrons. The molecule has 0 atom stereocenters. The number of rotatable bonds is 12. The van der Waals surface area contributed by atoms with Gasteiger partial charge >= 0.3 is 10.1 Å². The summed E-state index contributed by atoms with van der Waals surface area (Å²) < 4.78 is 31.2. The van der Waals surface area contributed by atoms with Crippen LogP contribution in [0.4, 0.5) is 0 Å². The van der Waals surface area contributed by atoms with Crippen molar-refractivity contribution in [3.8, 4) is 5.75 Å². The summed E-state index contributed by atoms with van der Waals surface area (Å²) in [5, 5.41) is 3.54. The van der Waals surface area contributed by atoms with Crippen LogP contribution in [0.1, 0.15) is 39.5 Å². The van der Waals surface area contributed by atoms with Gasteiger partial charge in [0.25, 0.3) is 0 Å². The predicted molar refractivity (Wildman–Crippen MR) is 104 cm³/mol. The number of nitrogens with one attached hydrogen (secondary N) is 1. The van der Waals surface area contributed by atoms with Gasteiger partial charge in [0.1, 0.15) is 5.75 Å². The lowest BCUT2D eigenvalue weighted by Crippen LogP contribution is -2.40. The molecule has 2 rings (SSSR count). The minimum atomic E-state index is -3.53. The molecule has 7 heteroatoms. The van der Waals surface area contributed by atoms with Gasteiger partial charge in [-0.05, 0) is 51.8 Å². The van der Waals surface area contributed by atoms with Gasteiger partial charge in [-0.25, -0.2) is 4.98 Å². The number of hydrogen-bond acceptors (Lipinski definition) is 5. The average Bonchev–Trinajstić information content (AvgIpc) is 3.10. The third kappa shape index (κ3) is 8.01. The molecule has 0 aliphatic carbocycles. The second-order valence-electron chi connectivity index (χ2n) is 7.08. The second-order valence-corrected chi connectivity index (χ2v) is 8.77. The summed E-state index contributed by atoms with van der Waals surface area (Å²) in [6, 6.07) is 8.63. The van der Waals surface area contributed by atoms with Gasteiger partial charge in [0.15, 0.2) is 0 Å². The zero-order chi connectivity index (χ0) is 18.9. The predicted octanol–water partition coefficient (Wildman–Crippen LogP) is 3.22. The highest BCUT2D eigenvalue weighted by molar-refractivity contribution is 7.87. The van der Waals surface area contributed by atoms with Crippen molar-refractivity contribution in [1.82, 2.24) is 14.9 Å². The largest absolute Gasteiger partial charge is 0.382 e. The normalized spacial score (nSPS) is 12.2. The number of benzene rings is 1. The molecule has 1 heterocycles. The van der Waals surface area contributed by atoms with E-state index in [1.54, 1.807) is 30.5 Å². The van der Waals surface area contributed by atoms with Crippen molar-refractivity contribution in [2.24, 2.45) is 0 Å².